The van der Waals surface area contributed by atoms with E-state index in [0.717, 1.165) is 29.7 Å². The van der Waals surface area contributed by atoms with Crippen molar-refractivity contribution < 1.29 is 19.1 Å². The van der Waals surface area contributed by atoms with Gasteiger partial charge in [-0.25, -0.2) is 9.78 Å². The fourth-order valence-electron chi connectivity index (χ4n) is 3.65. The molecule has 1 amide bonds. The van der Waals surface area contributed by atoms with Crippen molar-refractivity contribution in [3.8, 4) is 12.1 Å². The molecule has 2 N–H and O–H groups in total. The van der Waals surface area contributed by atoms with Gasteiger partial charge in [0.1, 0.15) is 28.5 Å². The van der Waals surface area contributed by atoms with E-state index in [0.29, 0.717) is 10.6 Å². The van der Waals surface area contributed by atoms with Gasteiger partial charge in [0.2, 0.25) is 12.3 Å². The molecule has 0 saturated heterocycles. The maximum Gasteiger partial charge on any atom is 0.338 e. The fraction of sp³-hybridized carbons (Fsp3) is 0.321. The molecule has 1 atom stereocenters. The lowest BCUT2D eigenvalue weighted by Gasteiger charge is -2.28. The second-order valence-electron chi connectivity index (χ2n) is 8.32. The number of nitrogens with two attached hydrogens (primary N) is 1. The SMILES string of the molecule is CCOC(=O)C1=C(CSc2nc(CC)c(C)cc2C#N)OC(N)=C(C#N)C1c1ccccc1.CN(C)C=O. The van der Waals surface area contributed by atoms with Crippen LogP contribution in [0, 0.1) is 29.6 Å². The molecule has 3 rings (SSSR count). The first-order chi connectivity index (χ1) is 18.2. The van der Waals surface area contributed by atoms with Gasteiger partial charge in [-0.2, -0.15) is 10.5 Å². The Balaban J connectivity index is 0.000000926. The number of allylic oxidation sites excluding steroid dienone is 1. The zero-order chi connectivity index (χ0) is 28.2. The van der Waals surface area contributed by atoms with Gasteiger partial charge in [0.25, 0.3) is 0 Å². The van der Waals surface area contributed by atoms with Crippen LogP contribution in [0.3, 0.4) is 0 Å². The largest absolute Gasteiger partial charge is 0.463 e. The van der Waals surface area contributed by atoms with Gasteiger partial charge in [-0.15, -0.1) is 0 Å². The van der Waals surface area contributed by atoms with Gasteiger partial charge in [-0.1, -0.05) is 49.0 Å². The number of hydrogen-bond donors (Lipinski definition) is 1. The fourth-order valence-corrected chi connectivity index (χ4v) is 4.57. The Morgan fingerprint density at radius 2 is 1.89 bits per heavy atom. The average Bonchev–Trinajstić information content (AvgIpc) is 2.92. The Hall–Kier alpha value is -4.28. The number of hydrogen-bond acceptors (Lipinski definition) is 9. The van der Waals surface area contributed by atoms with E-state index in [4.69, 9.17) is 15.2 Å². The van der Waals surface area contributed by atoms with Crippen LogP contribution in [0.25, 0.3) is 0 Å². The molecule has 9 nitrogen and oxygen atoms in total. The highest BCUT2D eigenvalue weighted by Crippen LogP contribution is 2.41. The van der Waals surface area contributed by atoms with E-state index >= 15 is 0 Å². The summed E-state index contributed by atoms with van der Waals surface area (Å²) in [5, 5.41) is 19.9. The molecule has 1 aliphatic heterocycles. The molecule has 1 aliphatic rings. The Bertz CT molecular complexity index is 1310. The number of aryl methyl sites for hydroxylation is 2. The van der Waals surface area contributed by atoms with Gasteiger partial charge < -0.3 is 20.1 Å². The average molecular weight is 534 g/mol. The number of carbonyl (C=O) groups excluding carboxylic acids is 2. The van der Waals surface area contributed by atoms with Gasteiger partial charge in [0, 0.05) is 19.8 Å². The van der Waals surface area contributed by atoms with Gasteiger partial charge in [-0.3, -0.25) is 4.79 Å². The van der Waals surface area contributed by atoms with Crippen molar-refractivity contribution in [3.63, 3.8) is 0 Å². The van der Waals surface area contributed by atoms with Crippen molar-refractivity contribution in [2.45, 2.75) is 38.1 Å². The van der Waals surface area contributed by atoms with Crippen molar-refractivity contribution in [1.82, 2.24) is 9.88 Å². The summed E-state index contributed by atoms with van der Waals surface area (Å²) in [5.74, 6) is -0.874. The van der Waals surface area contributed by atoms with Gasteiger partial charge >= 0.3 is 5.97 Å². The standard InChI is InChI=1S/C25H24N4O3S.C3H7NO/c1-4-19-15(3)11-17(12-26)24(29-19)33-14-20-22(25(30)31-5-2)21(16-9-7-6-8-10-16)18(13-27)23(28)32-20;1-4(2)3-5/h6-11,21H,4-5,14,28H2,1-3H3;3H,1-2H3. The number of ether oxygens (including phenoxy) is 2. The van der Waals surface area contributed by atoms with E-state index in [1.807, 2.05) is 50.2 Å². The van der Waals surface area contributed by atoms with Crippen LogP contribution in [0.15, 0.2) is 64.2 Å². The number of aromatic nitrogens is 1. The molecule has 0 bridgehead atoms. The van der Waals surface area contributed by atoms with Gasteiger partial charge in [-0.05, 0) is 37.5 Å². The van der Waals surface area contributed by atoms with Crippen molar-refractivity contribution >= 4 is 24.1 Å². The van der Waals surface area contributed by atoms with E-state index < -0.39 is 11.9 Å². The van der Waals surface area contributed by atoms with E-state index in [-0.39, 0.29) is 35.1 Å². The van der Waals surface area contributed by atoms with Crippen molar-refractivity contribution in [2.75, 3.05) is 26.5 Å². The van der Waals surface area contributed by atoms with Crippen LogP contribution in [0.2, 0.25) is 0 Å². The predicted octanol–water partition coefficient (Wildman–Crippen LogP) is 3.95. The number of rotatable bonds is 8. The van der Waals surface area contributed by atoms with E-state index in [9.17, 15) is 20.1 Å². The maximum atomic E-state index is 13.0. The number of nitrogens with zero attached hydrogens (tertiary/aromatic N) is 4. The predicted molar refractivity (Wildman–Crippen MR) is 144 cm³/mol. The molecule has 0 aliphatic carbocycles. The number of benzene rings is 1. The van der Waals surface area contributed by atoms with Gasteiger partial charge in [0.15, 0.2) is 0 Å². The lowest BCUT2D eigenvalue weighted by atomic mass is 9.83. The summed E-state index contributed by atoms with van der Waals surface area (Å²) in [6.45, 7) is 5.81. The Morgan fingerprint density at radius 3 is 2.42 bits per heavy atom. The molecule has 2 heterocycles. The minimum Gasteiger partial charge on any atom is -0.463 e. The normalized spacial score (nSPS) is 14.3. The smallest absolute Gasteiger partial charge is 0.338 e. The molecule has 2 aromatic rings. The zero-order valence-electron chi connectivity index (χ0n) is 22.1. The van der Waals surface area contributed by atoms with Crippen LogP contribution in [0.4, 0.5) is 0 Å². The second-order valence-corrected chi connectivity index (χ2v) is 9.28. The molecular formula is C28H31N5O4S. The van der Waals surface area contributed by atoms with Crippen LogP contribution in [0.1, 0.15) is 42.1 Å². The van der Waals surface area contributed by atoms with Crippen molar-refractivity contribution in [3.05, 3.63) is 81.6 Å². The Morgan fingerprint density at radius 1 is 1.24 bits per heavy atom. The van der Waals surface area contributed by atoms with Crippen LogP contribution in [-0.4, -0.2) is 48.7 Å². The maximum absolute atomic E-state index is 13.0. The molecule has 0 radical (unpaired) electrons. The molecule has 38 heavy (non-hydrogen) atoms. The summed E-state index contributed by atoms with van der Waals surface area (Å²) in [4.78, 5) is 28.5. The van der Waals surface area contributed by atoms with Gasteiger partial charge in [0.05, 0.1) is 29.4 Å². The van der Waals surface area contributed by atoms with E-state index in [1.54, 1.807) is 21.0 Å². The molecule has 0 saturated carbocycles. The first-order valence-electron chi connectivity index (χ1n) is 11.9. The highest BCUT2D eigenvalue weighted by molar-refractivity contribution is 7.99. The monoisotopic (exact) mass is 533 g/mol. The summed E-state index contributed by atoms with van der Waals surface area (Å²) < 4.78 is 11.1. The number of carbonyl (C=O) groups is 2. The summed E-state index contributed by atoms with van der Waals surface area (Å²) in [5.41, 5.74) is 9.51. The quantitative estimate of drug-likeness (QED) is 0.303. The summed E-state index contributed by atoms with van der Waals surface area (Å²) in [6, 6.07) is 15.2. The minimum atomic E-state index is -0.716. The van der Waals surface area contributed by atoms with E-state index in [2.05, 4.69) is 17.1 Å². The highest BCUT2D eigenvalue weighted by Gasteiger charge is 2.37. The van der Waals surface area contributed by atoms with Crippen LogP contribution in [0.5, 0.6) is 0 Å². The lowest BCUT2D eigenvalue weighted by molar-refractivity contribution is -0.139. The zero-order valence-corrected chi connectivity index (χ0v) is 23.0. The number of amides is 1. The Kier molecular flexibility index (Phi) is 11.4. The first-order valence-corrected chi connectivity index (χ1v) is 12.9. The lowest BCUT2D eigenvalue weighted by Crippen LogP contribution is -2.27. The molecule has 1 unspecified atom stereocenters. The molecule has 10 heteroatoms. The summed E-state index contributed by atoms with van der Waals surface area (Å²) in [7, 11) is 3.38. The topological polar surface area (TPSA) is 142 Å². The third kappa shape index (κ3) is 7.37. The highest BCUT2D eigenvalue weighted by atomic mass is 32.2. The first kappa shape index (κ1) is 29.9. The Labute approximate surface area is 227 Å². The van der Waals surface area contributed by atoms with Crippen LogP contribution < -0.4 is 5.73 Å². The third-order valence-corrected chi connectivity index (χ3v) is 6.41. The molecule has 1 aromatic carbocycles. The number of esters is 1. The molecule has 0 fully saturated rings. The third-order valence-electron chi connectivity index (χ3n) is 5.41. The summed E-state index contributed by atoms with van der Waals surface area (Å²) in [6.07, 6.45) is 1.48. The van der Waals surface area contributed by atoms with E-state index in [1.165, 1.54) is 16.7 Å². The minimum absolute atomic E-state index is 0.0541. The number of thioether (sulfide) groups is 1. The van der Waals surface area contributed by atoms with Crippen LogP contribution in [-0.2, 0) is 25.5 Å². The molecular weight excluding hydrogens is 502 g/mol. The van der Waals surface area contributed by atoms with Crippen molar-refractivity contribution in [1.29, 1.82) is 10.5 Å². The molecule has 198 valence electrons. The molecule has 1 aromatic heterocycles. The summed E-state index contributed by atoms with van der Waals surface area (Å²) >= 11 is 1.28. The molecule has 0 spiro atoms. The number of pyridine rings is 1. The van der Waals surface area contributed by atoms with Crippen LogP contribution >= 0.6 is 11.8 Å². The second kappa shape index (κ2) is 14.5. The number of nitriles is 2. The van der Waals surface area contributed by atoms with Crippen molar-refractivity contribution in [2.24, 2.45) is 5.73 Å².